The Balaban J connectivity index is 1.62. The van der Waals surface area contributed by atoms with Gasteiger partial charge in [0.2, 0.25) is 0 Å². The van der Waals surface area contributed by atoms with E-state index in [1.165, 1.54) is 55.4 Å². The Hall–Kier alpha value is -1.61. The molecule has 3 heterocycles. The SMILES string of the molecule is C1=C(c2ccnc3cc[nH]c23)CCC(N2CCC2)C1. The molecular weight excluding hydrogens is 234 g/mol. The zero-order valence-corrected chi connectivity index (χ0v) is 11.1. The highest BCUT2D eigenvalue weighted by Gasteiger charge is 2.26. The van der Waals surface area contributed by atoms with Gasteiger partial charge in [-0.25, -0.2) is 0 Å². The Morgan fingerprint density at radius 3 is 2.95 bits per heavy atom. The van der Waals surface area contributed by atoms with Gasteiger partial charge in [-0.05, 0) is 56.5 Å². The van der Waals surface area contributed by atoms with E-state index >= 15 is 0 Å². The van der Waals surface area contributed by atoms with Crippen molar-refractivity contribution < 1.29 is 0 Å². The van der Waals surface area contributed by atoms with E-state index in [2.05, 4.69) is 27.0 Å². The van der Waals surface area contributed by atoms with E-state index in [9.17, 15) is 0 Å². The maximum Gasteiger partial charge on any atom is 0.0885 e. The van der Waals surface area contributed by atoms with Gasteiger partial charge in [0.05, 0.1) is 11.0 Å². The van der Waals surface area contributed by atoms with Crippen LogP contribution in [0.25, 0.3) is 16.6 Å². The van der Waals surface area contributed by atoms with Gasteiger partial charge < -0.3 is 4.98 Å². The lowest BCUT2D eigenvalue weighted by molar-refractivity contribution is 0.111. The first-order valence-corrected chi connectivity index (χ1v) is 7.27. The molecule has 1 N–H and O–H groups in total. The lowest BCUT2D eigenvalue weighted by atomic mass is 9.88. The average molecular weight is 253 g/mol. The van der Waals surface area contributed by atoms with Crippen LogP contribution < -0.4 is 0 Å². The van der Waals surface area contributed by atoms with Crippen LogP contribution in [0.3, 0.4) is 0 Å². The number of nitrogens with zero attached hydrogens (tertiary/aromatic N) is 2. The van der Waals surface area contributed by atoms with Crippen molar-refractivity contribution in [1.82, 2.24) is 14.9 Å². The number of fused-ring (bicyclic) bond motifs is 1. The van der Waals surface area contributed by atoms with Crippen LogP contribution >= 0.6 is 0 Å². The lowest BCUT2D eigenvalue weighted by Gasteiger charge is -2.40. The van der Waals surface area contributed by atoms with Crippen LogP contribution in [0.15, 0.2) is 30.6 Å². The predicted molar refractivity (Wildman–Crippen MR) is 77.9 cm³/mol. The monoisotopic (exact) mass is 253 g/mol. The molecule has 1 aliphatic heterocycles. The second-order valence-corrected chi connectivity index (χ2v) is 5.64. The van der Waals surface area contributed by atoms with Gasteiger partial charge in [0.1, 0.15) is 0 Å². The average Bonchev–Trinajstić information content (AvgIpc) is 2.86. The Kier molecular flexibility index (Phi) is 2.66. The minimum Gasteiger partial charge on any atom is -0.359 e. The highest BCUT2D eigenvalue weighted by atomic mass is 15.2. The molecule has 4 rings (SSSR count). The van der Waals surface area contributed by atoms with Gasteiger partial charge in [0.15, 0.2) is 0 Å². The van der Waals surface area contributed by atoms with Crippen molar-refractivity contribution in [1.29, 1.82) is 0 Å². The van der Waals surface area contributed by atoms with Crippen LogP contribution in [0, 0.1) is 0 Å². The molecule has 0 radical (unpaired) electrons. The molecule has 19 heavy (non-hydrogen) atoms. The lowest BCUT2D eigenvalue weighted by Crippen LogP contribution is -2.45. The summed E-state index contributed by atoms with van der Waals surface area (Å²) in [5.41, 5.74) is 5.10. The Labute approximate surface area is 113 Å². The normalized spacial score (nSPS) is 24.2. The number of H-pyrrole nitrogens is 1. The summed E-state index contributed by atoms with van der Waals surface area (Å²) in [6.45, 7) is 2.62. The fourth-order valence-electron chi connectivity index (χ4n) is 3.33. The molecule has 1 fully saturated rings. The van der Waals surface area contributed by atoms with Gasteiger partial charge in [0, 0.05) is 24.0 Å². The van der Waals surface area contributed by atoms with Gasteiger partial charge in [-0.1, -0.05) is 6.08 Å². The summed E-state index contributed by atoms with van der Waals surface area (Å²) in [7, 11) is 0. The van der Waals surface area contributed by atoms with E-state index in [1.807, 2.05) is 18.5 Å². The van der Waals surface area contributed by atoms with Crippen molar-refractivity contribution in [2.45, 2.75) is 31.7 Å². The van der Waals surface area contributed by atoms with Crippen molar-refractivity contribution >= 4 is 16.6 Å². The second kappa shape index (κ2) is 4.49. The maximum atomic E-state index is 4.40. The summed E-state index contributed by atoms with van der Waals surface area (Å²) in [5.74, 6) is 0. The van der Waals surface area contributed by atoms with Crippen molar-refractivity contribution in [3.8, 4) is 0 Å². The first kappa shape index (κ1) is 11.2. The van der Waals surface area contributed by atoms with E-state index in [1.54, 1.807) is 0 Å². The number of nitrogens with one attached hydrogen (secondary N) is 1. The van der Waals surface area contributed by atoms with Crippen LogP contribution in [0.1, 0.15) is 31.2 Å². The van der Waals surface area contributed by atoms with Crippen molar-refractivity contribution in [2.24, 2.45) is 0 Å². The standard InChI is InChI=1S/C16H19N3/c1-10-19(11-1)13-4-2-12(3-5-13)14-6-8-17-15-7-9-18-16(14)15/h2,6-9,13,18H,1,3-5,10-11H2. The number of aromatic nitrogens is 2. The van der Waals surface area contributed by atoms with E-state index in [0.717, 1.165) is 11.6 Å². The van der Waals surface area contributed by atoms with E-state index < -0.39 is 0 Å². The minimum atomic E-state index is 0.790. The summed E-state index contributed by atoms with van der Waals surface area (Å²) in [6.07, 6.45) is 11.4. The van der Waals surface area contributed by atoms with E-state index in [0.29, 0.717) is 0 Å². The Morgan fingerprint density at radius 1 is 1.26 bits per heavy atom. The topological polar surface area (TPSA) is 31.9 Å². The first-order valence-electron chi connectivity index (χ1n) is 7.27. The number of pyridine rings is 1. The summed E-state index contributed by atoms with van der Waals surface area (Å²) in [4.78, 5) is 10.4. The molecule has 1 saturated heterocycles. The van der Waals surface area contributed by atoms with Crippen LogP contribution in [0.5, 0.6) is 0 Å². The Morgan fingerprint density at radius 2 is 2.21 bits per heavy atom. The molecule has 1 aliphatic carbocycles. The molecule has 2 aromatic heterocycles. The number of hydrogen-bond acceptors (Lipinski definition) is 2. The number of hydrogen-bond donors (Lipinski definition) is 1. The Bertz CT molecular complexity index is 622. The second-order valence-electron chi connectivity index (χ2n) is 5.64. The molecule has 2 aromatic rings. The fraction of sp³-hybridized carbons (Fsp3) is 0.438. The first-order chi connectivity index (χ1) is 9.42. The van der Waals surface area contributed by atoms with Crippen molar-refractivity contribution in [2.75, 3.05) is 13.1 Å². The molecule has 3 nitrogen and oxygen atoms in total. The molecule has 3 heteroatoms. The van der Waals surface area contributed by atoms with E-state index in [-0.39, 0.29) is 0 Å². The largest absolute Gasteiger partial charge is 0.359 e. The summed E-state index contributed by atoms with van der Waals surface area (Å²) >= 11 is 0. The van der Waals surface area contributed by atoms with Gasteiger partial charge in [-0.3, -0.25) is 9.88 Å². The van der Waals surface area contributed by atoms with Gasteiger partial charge in [-0.15, -0.1) is 0 Å². The molecule has 98 valence electrons. The number of aromatic amines is 1. The van der Waals surface area contributed by atoms with Crippen LogP contribution in [-0.4, -0.2) is 34.0 Å². The molecular formula is C16H19N3. The fourth-order valence-corrected chi connectivity index (χ4v) is 3.33. The number of likely N-dealkylation sites (tertiary alicyclic amines) is 1. The third kappa shape index (κ3) is 1.89. The summed E-state index contributed by atoms with van der Waals surface area (Å²) in [6, 6.07) is 4.98. The molecule has 1 unspecified atom stereocenters. The minimum absolute atomic E-state index is 0.790. The molecule has 0 spiro atoms. The van der Waals surface area contributed by atoms with Crippen LogP contribution in [0.2, 0.25) is 0 Å². The van der Waals surface area contributed by atoms with Crippen LogP contribution in [0.4, 0.5) is 0 Å². The molecule has 0 amide bonds. The third-order valence-electron chi connectivity index (χ3n) is 4.59. The predicted octanol–water partition coefficient (Wildman–Crippen LogP) is 3.20. The van der Waals surface area contributed by atoms with Gasteiger partial charge in [0.25, 0.3) is 0 Å². The number of allylic oxidation sites excluding steroid dienone is 1. The quantitative estimate of drug-likeness (QED) is 0.891. The molecule has 0 bridgehead atoms. The van der Waals surface area contributed by atoms with Crippen molar-refractivity contribution in [3.05, 3.63) is 36.2 Å². The molecule has 2 aliphatic rings. The van der Waals surface area contributed by atoms with Crippen LogP contribution in [-0.2, 0) is 0 Å². The van der Waals surface area contributed by atoms with E-state index in [4.69, 9.17) is 0 Å². The number of rotatable bonds is 2. The highest BCUT2D eigenvalue weighted by Crippen LogP contribution is 2.33. The third-order valence-corrected chi connectivity index (χ3v) is 4.59. The van der Waals surface area contributed by atoms with Gasteiger partial charge in [-0.2, -0.15) is 0 Å². The smallest absolute Gasteiger partial charge is 0.0885 e. The zero-order valence-electron chi connectivity index (χ0n) is 11.1. The maximum absolute atomic E-state index is 4.40. The summed E-state index contributed by atoms with van der Waals surface area (Å²) in [5, 5.41) is 0. The highest BCUT2D eigenvalue weighted by molar-refractivity contribution is 5.88. The molecule has 1 atom stereocenters. The molecule has 0 saturated carbocycles. The summed E-state index contributed by atoms with van der Waals surface area (Å²) < 4.78 is 0. The zero-order chi connectivity index (χ0) is 12.7. The van der Waals surface area contributed by atoms with Crippen molar-refractivity contribution in [3.63, 3.8) is 0 Å². The van der Waals surface area contributed by atoms with Gasteiger partial charge >= 0.3 is 0 Å². The molecule has 0 aromatic carbocycles.